The van der Waals surface area contributed by atoms with Crippen molar-refractivity contribution in [2.24, 2.45) is 0 Å². The Balaban J connectivity index is 2.77. The monoisotopic (exact) mass is 193 g/mol. The van der Waals surface area contributed by atoms with Gasteiger partial charge >= 0.3 is 0 Å². The van der Waals surface area contributed by atoms with Crippen LogP contribution in [0.15, 0.2) is 29.8 Å². The molecule has 0 saturated carbocycles. The van der Waals surface area contributed by atoms with Crippen molar-refractivity contribution in [1.29, 1.82) is 0 Å². The molecule has 0 bridgehead atoms. The van der Waals surface area contributed by atoms with Gasteiger partial charge in [0.05, 0.1) is 0 Å². The molecular formula is C12H14Cl. The van der Waals surface area contributed by atoms with Gasteiger partial charge in [-0.2, -0.15) is 0 Å². The third kappa shape index (κ3) is 2.89. The van der Waals surface area contributed by atoms with Crippen molar-refractivity contribution >= 4 is 11.6 Å². The number of rotatable bonds is 3. The Hall–Kier alpha value is -0.750. The van der Waals surface area contributed by atoms with Crippen LogP contribution in [-0.4, -0.2) is 0 Å². The van der Waals surface area contributed by atoms with Crippen LogP contribution < -0.4 is 0 Å². The Labute approximate surface area is 85.2 Å². The average Bonchev–Trinajstić information content (AvgIpc) is 2.07. The van der Waals surface area contributed by atoms with E-state index >= 15 is 0 Å². The zero-order valence-corrected chi connectivity index (χ0v) is 8.86. The maximum absolute atomic E-state index is 5.69. The van der Waals surface area contributed by atoms with E-state index in [1.165, 1.54) is 16.7 Å². The van der Waals surface area contributed by atoms with E-state index in [4.69, 9.17) is 11.6 Å². The second-order valence-electron chi connectivity index (χ2n) is 3.21. The van der Waals surface area contributed by atoms with Crippen LogP contribution in [0, 0.1) is 20.3 Å². The van der Waals surface area contributed by atoms with Crippen molar-refractivity contribution in [3.63, 3.8) is 0 Å². The third-order valence-corrected chi connectivity index (χ3v) is 2.34. The lowest BCUT2D eigenvalue weighted by Crippen LogP contribution is -1.89. The first-order valence-corrected chi connectivity index (χ1v) is 4.71. The number of hydrogen-bond acceptors (Lipinski definition) is 0. The Kier molecular flexibility index (Phi) is 3.56. The van der Waals surface area contributed by atoms with E-state index in [9.17, 15) is 0 Å². The van der Waals surface area contributed by atoms with Crippen molar-refractivity contribution in [2.75, 3.05) is 0 Å². The largest absolute Gasteiger partial charge is 0.0898 e. The molecule has 13 heavy (non-hydrogen) atoms. The second kappa shape index (κ2) is 4.48. The molecule has 0 spiro atoms. The molecular weight excluding hydrogens is 180 g/mol. The van der Waals surface area contributed by atoms with Crippen LogP contribution >= 0.6 is 11.6 Å². The van der Waals surface area contributed by atoms with E-state index < -0.39 is 0 Å². The molecule has 0 aliphatic carbocycles. The minimum Gasteiger partial charge on any atom is -0.0898 e. The molecule has 0 fully saturated rings. The summed E-state index contributed by atoms with van der Waals surface area (Å²) in [6, 6.07) is 6.27. The predicted molar refractivity (Wildman–Crippen MR) is 58.9 cm³/mol. The summed E-state index contributed by atoms with van der Waals surface area (Å²) in [5.74, 6) is 0. The summed E-state index contributed by atoms with van der Waals surface area (Å²) < 4.78 is 0. The first kappa shape index (κ1) is 10.3. The zero-order chi connectivity index (χ0) is 9.84. The zero-order valence-electron chi connectivity index (χ0n) is 8.10. The van der Waals surface area contributed by atoms with Crippen molar-refractivity contribution < 1.29 is 0 Å². The van der Waals surface area contributed by atoms with Gasteiger partial charge in [0.1, 0.15) is 0 Å². The summed E-state index contributed by atoms with van der Waals surface area (Å²) in [4.78, 5) is 0. The molecule has 1 rings (SSSR count). The van der Waals surface area contributed by atoms with E-state index in [-0.39, 0.29) is 0 Å². The number of hydrogen-bond donors (Lipinski definition) is 0. The Bertz CT molecular complexity index is 313. The highest BCUT2D eigenvalue weighted by atomic mass is 35.5. The molecule has 1 aromatic carbocycles. The van der Waals surface area contributed by atoms with E-state index in [1.54, 1.807) is 0 Å². The average molecular weight is 194 g/mol. The highest BCUT2D eigenvalue weighted by Crippen LogP contribution is 2.18. The molecule has 1 heteroatoms. The Morgan fingerprint density at radius 1 is 1.46 bits per heavy atom. The maximum atomic E-state index is 5.69. The second-order valence-corrected chi connectivity index (χ2v) is 3.75. The van der Waals surface area contributed by atoms with Gasteiger partial charge in [-0.05, 0) is 43.4 Å². The summed E-state index contributed by atoms with van der Waals surface area (Å²) in [6.07, 6.45) is 2.85. The van der Waals surface area contributed by atoms with Gasteiger partial charge in [-0.1, -0.05) is 36.4 Å². The molecule has 1 radical (unpaired) electrons. The summed E-state index contributed by atoms with van der Waals surface area (Å²) in [6.45, 7) is 7.89. The number of benzene rings is 1. The van der Waals surface area contributed by atoms with Gasteiger partial charge in [-0.3, -0.25) is 0 Å². The molecule has 0 saturated heterocycles. The molecule has 0 atom stereocenters. The topological polar surface area (TPSA) is 0 Å². The standard InChI is InChI=1S/C12H14Cl/c1-9-5-4-6-12(11(9)3)8-7-10(2)13/h4-6,8H,2,7H2,1,3H3. The molecule has 0 aliphatic rings. The molecule has 69 valence electrons. The number of aryl methyl sites for hydroxylation is 1. The SMILES string of the molecule is C=C(Cl)C[CH]c1cccc(C)c1C. The third-order valence-electron chi connectivity index (χ3n) is 2.19. The van der Waals surface area contributed by atoms with Gasteiger partial charge in [0, 0.05) is 5.03 Å². The number of allylic oxidation sites excluding steroid dienone is 1. The Morgan fingerprint density at radius 2 is 2.15 bits per heavy atom. The normalized spacial score (nSPS) is 10.1. The van der Waals surface area contributed by atoms with Crippen LogP contribution in [0.25, 0.3) is 0 Å². The molecule has 0 heterocycles. The first-order valence-electron chi connectivity index (χ1n) is 4.34. The summed E-state index contributed by atoms with van der Waals surface area (Å²) >= 11 is 5.69. The van der Waals surface area contributed by atoms with Crippen molar-refractivity contribution in [3.05, 3.63) is 52.9 Å². The fraction of sp³-hybridized carbons (Fsp3) is 0.250. The van der Waals surface area contributed by atoms with Crippen LogP contribution in [-0.2, 0) is 0 Å². The van der Waals surface area contributed by atoms with Crippen LogP contribution in [0.5, 0.6) is 0 Å². The molecule has 0 aliphatic heterocycles. The quantitative estimate of drug-likeness (QED) is 0.681. The summed E-state index contributed by atoms with van der Waals surface area (Å²) in [7, 11) is 0. The minimum atomic E-state index is 0.681. The van der Waals surface area contributed by atoms with Gasteiger partial charge in [-0.25, -0.2) is 0 Å². The molecule has 0 nitrogen and oxygen atoms in total. The van der Waals surface area contributed by atoms with Gasteiger partial charge in [0.25, 0.3) is 0 Å². The lowest BCUT2D eigenvalue weighted by atomic mass is 10.00. The van der Waals surface area contributed by atoms with E-state index in [2.05, 4.69) is 45.0 Å². The highest BCUT2D eigenvalue weighted by molar-refractivity contribution is 6.29. The maximum Gasteiger partial charge on any atom is 0.0115 e. The van der Waals surface area contributed by atoms with Gasteiger partial charge < -0.3 is 0 Å². The predicted octanol–water partition coefficient (Wildman–Crippen LogP) is 4.00. The molecule has 1 aromatic rings. The van der Waals surface area contributed by atoms with E-state index in [0.29, 0.717) is 5.03 Å². The van der Waals surface area contributed by atoms with Crippen molar-refractivity contribution in [2.45, 2.75) is 20.3 Å². The number of halogens is 1. The fourth-order valence-corrected chi connectivity index (χ4v) is 1.29. The van der Waals surface area contributed by atoms with Gasteiger partial charge in [0.2, 0.25) is 0 Å². The minimum absolute atomic E-state index is 0.681. The fourth-order valence-electron chi connectivity index (χ4n) is 1.22. The van der Waals surface area contributed by atoms with Gasteiger partial charge in [-0.15, -0.1) is 0 Å². The van der Waals surface area contributed by atoms with Crippen LogP contribution in [0.2, 0.25) is 0 Å². The van der Waals surface area contributed by atoms with Gasteiger partial charge in [0.15, 0.2) is 0 Å². The van der Waals surface area contributed by atoms with Crippen molar-refractivity contribution in [1.82, 2.24) is 0 Å². The Morgan fingerprint density at radius 3 is 2.77 bits per heavy atom. The highest BCUT2D eigenvalue weighted by Gasteiger charge is 2.00. The molecule has 0 N–H and O–H groups in total. The molecule has 0 aromatic heterocycles. The van der Waals surface area contributed by atoms with Crippen LogP contribution in [0.3, 0.4) is 0 Å². The first-order chi connectivity index (χ1) is 6.11. The molecule has 0 amide bonds. The molecule has 0 unspecified atom stereocenters. The lowest BCUT2D eigenvalue weighted by Gasteiger charge is -2.06. The van der Waals surface area contributed by atoms with Crippen LogP contribution in [0.4, 0.5) is 0 Å². The summed E-state index contributed by atoms with van der Waals surface area (Å²) in [5.41, 5.74) is 3.89. The smallest absolute Gasteiger partial charge is 0.0115 e. The van der Waals surface area contributed by atoms with E-state index in [1.807, 2.05) is 0 Å². The lowest BCUT2D eigenvalue weighted by molar-refractivity contribution is 1.18. The summed E-state index contributed by atoms with van der Waals surface area (Å²) in [5, 5.41) is 0.681. The van der Waals surface area contributed by atoms with Crippen LogP contribution in [0.1, 0.15) is 23.1 Å². The van der Waals surface area contributed by atoms with Crippen molar-refractivity contribution in [3.8, 4) is 0 Å². The van der Waals surface area contributed by atoms with E-state index in [0.717, 1.165) is 6.42 Å².